The van der Waals surface area contributed by atoms with Crippen LogP contribution < -0.4 is 15.2 Å². The maximum Gasteiger partial charge on any atom is 0.173 e. The summed E-state index contributed by atoms with van der Waals surface area (Å²) in [6.45, 7) is 4.16. The van der Waals surface area contributed by atoms with Crippen LogP contribution in [0.4, 0.5) is 13.2 Å². The van der Waals surface area contributed by atoms with E-state index in [4.69, 9.17) is 37.6 Å². The normalized spacial score (nSPS) is 11.4. The van der Waals surface area contributed by atoms with Crippen LogP contribution in [0.5, 0.6) is 11.5 Å². The summed E-state index contributed by atoms with van der Waals surface area (Å²) in [6.07, 6.45) is 2.60. The minimum absolute atomic E-state index is 0.0436. The standard InChI is InChI=1S/C32H33ClF3N5O2S/c1-32(2,19-6-11-25(33)28(13-19)42-3)29-17-40-31(41(29)22-9-7-20(34)8-10-22)44-18-24-26(35)15-23(16-27(24)36)43-12-4-5-21(37)14-30(38)39/h6-11,13,15-17,37H,4-5,12,14,18H2,1-3H3,(H3,38,39). The average Bonchev–Trinajstić information content (AvgIpc) is 3.40. The van der Waals surface area contributed by atoms with Gasteiger partial charge in [-0.2, -0.15) is 0 Å². The van der Waals surface area contributed by atoms with Gasteiger partial charge in [0.25, 0.3) is 0 Å². The number of hydrogen-bond donors (Lipinski definition) is 3. The fourth-order valence-corrected chi connectivity index (χ4v) is 5.85. The molecule has 0 atom stereocenters. The third-order valence-electron chi connectivity index (χ3n) is 7.08. The van der Waals surface area contributed by atoms with E-state index >= 15 is 8.78 Å². The molecule has 7 nitrogen and oxygen atoms in total. The molecule has 0 unspecified atom stereocenters. The van der Waals surface area contributed by atoms with E-state index in [2.05, 4.69) is 4.98 Å². The van der Waals surface area contributed by atoms with E-state index in [1.807, 2.05) is 30.5 Å². The topological polar surface area (TPSA) is 110 Å². The van der Waals surface area contributed by atoms with Gasteiger partial charge in [-0.1, -0.05) is 43.3 Å². The Morgan fingerprint density at radius 2 is 1.73 bits per heavy atom. The van der Waals surface area contributed by atoms with Crippen molar-refractivity contribution in [3.63, 3.8) is 0 Å². The number of aromatic nitrogens is 2. The van der Waals surface area contributed by atoms with Gasteiger partial charge in [0, 0.05) is 46.7 Å². The SMILES string of the molecule is COc1cc(C(C)(C)c2cnc(SCc3c(F)cc(OCCCC(=N)CC(=N)N)cc3F)n2-c2ccc(F)cc2)ccc1Cl. The third kappa shape index (κ3) is 7.75. The Morgan fingerprint density at radius 3 is 2.36 bits per heavy atom. The van der Waals surface area contributed by atoms with Crippen LogP contribution in [0.15, 0.2) is 66.0 Å². The van der Waals surface area contributed by atoms with Crippen LogP contribution in [-0.4, -0.2) is 34.8 Å². The zero-order chi connectivity index (χ0) is 32.0. The molecule has 3 aromatic carbocycles. The van der Waals surface area contributed by atoms with Crippen molar-refractivity contribution in [3.05, 3.63) is 100 Å². The predicted molar refractivity (Wildman–Crippen MR) is 169 cm³/mol. The minimum Gasteiger partial charge on any atom is -0.495 e. The summed E-state index contributed by atoms with van der Waals surface area (Å²) in [5.41, 5.74) is 7.12. The third-order valence-corrected chi connectivity index (χ3v) is 8.37. The van der Waals surface area contributed by atoms with E-state index in [0.29, 0.717) is 40.2 Å². The Morgan fingerprint density at radius 1 is 1.05 bits per heavy atom. The van der Waals surface area contributed by atoms with Crippen LogP contribution in [0.25, 0.3) is 5.69 Å². The molecule has 44 heavy (non-hydrogen) atoms. The summed E-state index contributed by atoms with van der Waals surface area (Å²) in [4.78, 5) is 4.61. The number of ether oxygens (including phenoxy) is 2. The average molecular weight is 644 g/mol. The van der Waals surface area contributed by atoms with Crippen LogP contribution in [0.3, 0.4) is 0 Å². The lowest BCUT2D eigenvalue weighted by molar-refractivity contribution is 0.309. The monoisotopic (exact) mass is 643 g/mol. The highest BCUT2D eigenvalue weighted by atomic mass is 35.5. The maximum atomic E-state index is 15.1. The number of amidine groups is 1. The molecule has 232 valence electrons. The van der Waals surface area contributed by atoms with Crippen molar-refractivity contribution in [2.24, 2.45) is 5.73 Å². The predicted octanol–water partition coefficient (Wildman–Crippen LogP) is 8.07. The molecule has 0 saturated heterocycles. The molecular weight excluding hydrogens is 611 g/mol. The van der Waals surface area contributed by atoms with Crippen molar-refractivity contribution in [3.8, 4) is 17.2 Å². The molecule has 0 aliphatic carbocycles. The molecule has 0 aliphatic heterocycles. The van der Waals surface area contributed by atoms with Crippen molar-refractivity contribution in [2.45, 2.75) is 49.4 Å². The van der Waals surface area contributed by atoms with Crippen LogP contribution in [0, 0.1) is 28.3 Å². The first-order chi connectivity index (χ1) is 20.9. The number of imidazole rings is 1. The van der Waals surface area contributed by atoms with Gasteiger partial charge in [0.2, 0.25) is 0 Å². The lowest BCUT2D eigenvalue weighted by atomic mass is 9.81. The summed E-state index contributed by atoms with van der Waals surface area (Å²) < 4.78 is 56.8. The first-order valence-electron chi connectivity index (χ1n) is 13.7. The van der Waals surface area contributed by atoms with Gasteiger partial charge in [-0.15, -0.1) is 0 Å². The van der Waals surface area contributed by atoms with Crippen LogP contribution in [-0.2, 0) is 11.2 Å². The van der Waals surface area contributed by atoms with Gasteiger partial charge in [0.15, 0.2) is 5.16 Å². The molecule has 0 saturated carbocycles. The highest BCUT2D eigenvalue weighted by Gasteiger charge is 2.30. The lowest BCUT2D eigenvalue weighted by Crippen LogP contribution is -2.23. The second-order valence-electron chi connectivity index (χ2n) is 10.6. The molecule has 4 rings (SSSR count). The summed E-state index contributed by atoms with van der Waals surface area (Å²) >= 11 is 7.41. The van der Waals surface area contributed by atoms with Gasteiger partial charge in [-0.25, -0.2) is 18.2 Å². The second kappa shape index (κ2) is 14.2. The smallest absolute Gasteiger partial charge is 0.173 e. The number of nitrogens with one attached hydrogen (secondary N) is 2. The molecule has 1 heterocycles. The molecule has 1 aromatic heterocycles. The van der Waals surface area contributed by atoms with Crippen LogP contribution in [0.1, 0.15) is 49.9 Å². The van der Waals surface area contributed by atoms with Crippen molar-refractivity contribution in [2.75, 3.05) is 13.7 Å². The van der Waals surface area contributed by atoms with Crippen molar-refractivity contribution >= 4 is 34.9 Å². The summed E-state index contributed by atoms with van der Waals surface area (Å²) in [6, 6.07) is 13.7. The molecule has 0 fully saturated rings. The number of benzene rings is 3. The fraction of sp³-hybridized carbons (Fsp3) is 0.281. The zero-order valence-electron chi connectivity index (χ0n) is 24.5. The van der Waals surface area contributed by atoms with Gasteiger partial charge in [-0.05, 0) is 54.8 Å². The summed E-state index contributed by atoms with van der Waals surface area (Å²) in [5, 5.41) is 15.9. The van der Waals surface area contributed by atoms with Gasteiger partial charge in [0.1, 0.15) is 29.0 Å². The number of nitrogens with two attached hydrogens (primary N) is 1. The van der Waals surface area contributed by atoms with E-state index in [1.165, 1.54) is 19.2 Å². The quantitative estimate of drug-likeness (QED) is 0.0557. The Balaban J connectivity index is 1.57. The van der Waals surface area contributed by atoms with E-state index in [0.717, 1.165) is 35.2 Å². The van der Waals surface area contributed by atoms with E-state index in [-0.39, 0.29) is 35.9 Å². The first kappa shape index (κ1) is 32.9. The maximum absolute atomic E-state index is 15.1. The van der Waals surface area contributed by atoms with Crippen molar-refractivity contribution in [1.29, 1.82) is 10.8 Å². The highest BCUT2D eigenvalue weighted by molar-refractivity contribution is 7.98. The minimum atomic E-state index is -0.759. The van der Waals surface area contributed by atoms with E-state index in [1.54, 1.807) is 24.4 Å². The molecule has 0 aliphatic rings. The molecule has 4 N–H and O–H groups in total. The molecule has 4 aromatic rings. The highest BCUT2D eigenvalue weighted by Crippen LogP contribution is 2.39. The summed E-state index contributed by atoms with van der Waals surface area (Å²) in [7, 11) is 1.54. The Hall–Kier alpha value is -3.96. The van der Waals surface area contributed by atoms with Gasteiger partial charge >= 0.3 is 0 Å². The van der Waals surface area contributed by atoms with Crippen molar-refractivity contribution in [1.82, 2.24) is 9.55 Å². The second-order valence-corrected chi connectivity index (χ2v) is 12.0. The van der Waals surface area contributed by atoms with Gasteiger partial charge < -0.3 is 20.6 Å². The van der Waals surface area contributed by atoms with Gasteiger partial charge in [0.05, 0.1) is 36.5 Å². The first-order valence-corrected chi connectivity index (χ1v) is 15.1. The number of hydrogen-bond acceptors (Lipinski definition) is 6. The largest absolute Gasteiger partial charge is 0.495 e. The molecule has 0 amide bonds. The fourth-order valence-electron chi connectivity index (χ4n) is 4.65. The number of halogens is 4. The number of nitrogens with zero attached hydrogens (tertiary/aromatic N) is 2. The number of thioether (sulfide) groups is 1. The van der Waals surface area contributed by atoms with Crippen LogP contribution >= 0.6 is 23.4 Å². The van der Waals surface area contributed by atoms with Crippen molar-refractivity contribution < 1.29 is 22.6 Å². The Kier molecular flexibility index (Phi) is 10.6. The molecular formula is C32H33ClF3N5O2S. The van der Waals surface area contributed by atoms with E-state index < -0.39 is 22.9 Å². The van der Waals surface area contributed by atoms with E-state index in [9.17, 15) is 4.39 Å². The Bertz CT molecular complexity index is 1640. The number of methoxy groups -OCH3 is 1. The lowest BCUT2D eigenvalue weighted by Gasteiger charge is -2.28. The number of rotatable bonds is 14. The summed E-state index contributed by atoms with van der Waals surface area (Å²) in [5.74, 6) is -1.50. The Labute approximate surface area is 263 Å². The molecule has 0 spiro atoms. The molecule has 0 radical (unpaired) electrons. The molecule has 0 bridgehead atoms. The van der Waals surface area contributed by atoms with Gasteiger partial charge in [-0.3, -0.25) is 9.98 Å². The molecule has 12 heteroatoms. The zero-order valence-corrected chi connectivity index (χ0v) is 26.1. The van der Waals surface area contributed by atoms with Crippen LogP contribution in [0.2, 0.25) is 5.02 Å².